The van der Waals surface area contributed by atoms with E-state index in [1.54, 1.807) is 12.7 Å². The molecule has 1 N–H and O–H groups in total. The first-order valence-electron chi connectivity index (χ1n) is 6.05. The van der Waals surface area contributed by atoms with Gasteiger partial charge in [-0.3, -0.25) is 0 Å². The highest BCUT2D eigenvalue weighted by Gasteiger charge is 2.04. The maximum Gasteiger partial charge on any atom is 0.137 e. The summed E-state index contributed by atoms with van der Waals surface area (Å²) < 4.78 is 1.88. The Kier molecular flexibility index (Phi) is 6.03. The zero-order chi connectivity index (χ0) is 11.8. The molecule has 1 rings (SSSR count). The summed E-state index contributed by atoms with van der Waals surface area (Å²) in [5.74, 6) is 0. The van der Waals surface area contributed by atoms with Gasteiger partial charge in [0.25, 0.3) is 0 Å². The van der Waals surface area contributed by atoms with Crippen molar-refractivity contribution in [1.82, 2.24) is 25.0 Å². The van der Waals surface area contributed by atoms with Crippen molar-refractivity contribution < 1.29 is 0 Å². The Bertz CT molecular complexity index is 255. The number of hydrogen-bond acceptors (Lipinski definition) is 4. The van der Waals surface area contributed by atoms with Gasteiger partial charge in [0.1, 0.15) is 12.7 Å². The lowest BCUT2D eigenvalue weighted by atomic mass is 10.3. The second-order valence-corrected chi connectivity index (χ2v) is 3.96. The Labute approximate surface area is 97.9 Å². The largest absolute Gasteiger partial charge is 0.313 e. The second kappa shape index (κ2) is 7.35. The first-order chi connectivity index (χ1) is 7.77. The van der Waals surface area contributed by atoms with Crippen LogP contribution in [0.1, 0.15) is 26.8 Å². The van der Waals surface area contributed by atoms with Gasteiger partial charge in [-0.05, 0) is 20.0 Å². The maximum atomic E-state index is 4.12. The van der Waals surface area contributed by atoms with Crippen molar-refractivity contribution in [2.75, 3.05) is 32.7 Å². The molecular formula is C11H23N5. The van der Waals surface area contributed by atoms with Crippen molar-refractivity contribution in [3.63, 3.8) is 0 Å². The predicted octanol–water partition coefficient (Wildman–Crippen LogP) is 0.770. The summed E-state index contributed by atoms with van der Waals surface area (Å²) in [6.07, 6.45) is 3.34. The highest BCUT2D eigenvalue weighted by molar-refractivity contribution is 4.67. The lowest BCUT2D eigenvalue weighted by Gasteiger charge is -2.19. The van der Waals surface area contributed by atoms with Gasteiger partial charge in [-0.2, -0.15) is 5.10 Å². The molecule has 0 spiro atoms. The molecule has 0 aliphatic heterocycles. The summed E-state index contributed by atoms with van der Waals surface area (Å²) in [5, 5.41) is 7.56. The van der Waals surface area contributed by atoms with E-state index in [0.29, 0.717) is 6.04 Å². The van der Waals surface area contributed by atoms with Crippen LogP contribution in [0, 0.1) is 0 Å². The van der Waals surface area contributed by atoms with Crippen molar-refractivity contribution in [2.45, 2.75) is 26.8 Å². The van der Waals surface area contributed by atoms with Gasteiger partial charge in [0, 0.05) is 19.6 Å². The molecule has 92 valence electrons. The summed E-state index contributed by atoms with van der Waals surface area (Å²) in [6.45, 7) is 11.8. The van der Waals surface area contributed by atoms with Gasteiger partial charge in [0.2, 0.25) is 0 Å². The average Bonchev–Trinajstić information content (AvgIpc) is 2.82. The molecule has 0 amide bonds. The molecule has 1 unspecified atom stereocenters. The highest BCUT2D eigenvalue weighted by Crippen LogP contribution is 1.98. The molecular weight excluding hydrogens is 202 g/mol. The normalized spacial score (nSPS) is 13.2. The van der Waals surface area contributed by atoms with Gasteiger partial charge in [0.15, 0.2) is 0 Å². The zero-order valence-electron chi connectivity index (χ0n) is 10.6. The molecule has 0 saturated heterocycles. The number of nitrogens with one attached hydrogen (secondary N) is 1. The minimum Gasteiger partial charge on any atom is -0.313 e. The summed E-state index contributed by atoms with van der Waals surface area (Å²) in [6, 6.07) is 0.360. The van der Waals surface area contributed by atoms with Crippen LogP contribution in [0.15, 0.2) is 12.7 Å². The molecule has 16 heavy (non-hydrogen) atoms. The fourth-order valence-electron chi connectivity index (χ4n) is 1.63. The van der Waals surface area contributed by atoms with E-state index in [9.17, 15) is 0 Å². The molecule has 1 atom stereocenters. The number of rotatable bonds is 8. The lowest BCUT2D eigenvalue weighted by Crippen LogP contribution is -2.34. The fraction of sp³-hybridized carbons (Fsp3) is 0.818. The quantitative estimate of drug-likeness (QED) is 0.664. The monoisotopic (exact) mass is 225 g/mol. The second-order valence-electron chi connectivity index (χ2n) is 3.96. The minimum atomic E-state index is 0.360. The molecule has 0 aromatic carbocycles. The van der Waals surface area contributed by atoms with Crippen LogP contribution in [-0.2, 0) is 0 Å². The van der Waals surface area contributed by atoms with E-state index < -0.39 is 0 Å². The molecule has 1 aromatic rings. The third-order valence-electron chi connectivity index (χ3n) is 2.83. The van der Waals surface area contributed by atoms with E-state index in [1.807, 2.05) is 4.68 Å². The Balaban J connectivity index is 2.11. The highest BCUT2D eigenvalue weighted by atomic mass is 15.3. The van der Waals surface area contributed by atoms with Crippen molar-refractivity contribution in [1.29, 1.82) is 0 Å². The molecule has 0 bridgehead atoms. The van der Waals surface area contributed by atoms with E-state index in [-0.39, 0.29) is 0 Å². The Hall–Kier alpha value is -0.940. The first-order valence-corrected chi connectivity index (χ1v) is 6.05. The Morgan fingerprint density at radius 2 is 2.12 bits per heavy atom. The first kappa shape index (κ1) is 13.1. The summed E-state index contributed by atoms with van der Waals surface area (Å²) >= 11 is 0. The van der Waals surface area contributed by atoms with Crippen LogP contribution in [0.5, 0.6) is 0 Å². The predicted molar refractivity (Wildman–Crippen MR) is 65.4 cm³/mol. The fourth-order valence-corrected chi connectivity index (χ4v) is 1.63. The van der Waals surface area contributed by atoms with Gasteiger partial charge >= 0.3 is 0 Å². The van der Waals surface area contributed by atoms with E-state index >= 15 is 0 Å². The minimum absolute atomic E-state index is 0.360. The van der Waals surface area contributed by atoms with Gasteiger partial charge in [-0.15, -0.1) is 0 Å². The van der Waals surface area contributed by atoms with Crippen molar-refractivity contribution in [3.05, 3.63) is 12.7 Å². The third kappa shape index (κ3) is 4.28. The van der Waals surface area contributed by atoms with E-state index in [1.165, 1.54) is 0 Å². The molecule has 0 aliphatic rings. The summed E-state index contributed by atoms with van der Waals surface area (Å²) in [5.41, 5.74) is 0. The molecule has 1 aromatic heterocycles. The van der Waals surface area contributed by atoms with Gasteiger partial charge in [-0.25, -0.2) is 9.67 Å². The zero-order valence-corrected chi connectivity index (χ0v) is 10.6. The number of hydrogen-bond donors (Lipinski definition) is 1. The summed E-state index contributed by atoms with van der Waals surface area (Å²) in [4.78, 5) is 6.35. The maximum absolute atomic E-state index is 4.12. The van der Waals surface area contributed by atoms with Gasteiger partial charge in [0.05, 0.1) is 6.04 Å². The van der Waals surface area contributed by atoms with Crippen LogP contribution < -0.4 is 5.32 Å². The van der Waals surface area contributed by atoms with E-state index in [0.717, 1.165) is 32.7 Å². The van der Waals surface area contributed by atoms with Crippen LogP contribution in [-0.4, -0.2) is 52.4 Å². The van der Waals surface area contributed by atoms with Crippen LogP contribution in [0.4, 0.5) is 0 Å². The van der Waals surface area contributed by atoms with Crippen molar-refractivity contribution >= 4 is 0 Å². The standard InChI is InChI=1S/C11H23N5/c1-4-15(5-2)7-6-12-8-11(3)16-10-13-9-14-16/h9-12H,4-8H2,1-3H3. The summed E-state index contributed by atoms with van der Waals surface area (Å²) in [7, 11) is 0. The average molecular weight is 225 g/mol. The third-order valence-corrected chi connectivity index (χ3v) is 2.83. The molecule has 1 heterocycles. The van der Waals surface area contributed by atoms with Crippen LogP contribution in [0.2, 0.25) is 0 Å². The number of nitrogens with zero attached hydrogens (tertiary/aromatic N) is 4. The molecule has 0 radical (unpaired) electrons. The van der Waals surface area contributed by atoms with Crippen LogP contribution in [0.25, 0.3) is 0 Å². The molecule has 0 aliphatic carbocycles. The molecule has 0 fully saturated rings. The molecule has 5 nitrogen and oxygen atoms in total. The smallest absolute Gasteiger partial charge is 0.137 e. The number of aromatic nitrogens is 3. The van der Waals surface area contributed by atoms with Crippen LogP contribution >= 0.6 is 0 Å². The van der Waals surface area contributed by atoms with Crippen LogP contribution in [0.3, 0.4) is 0 Å². The van der Waals surface area contributed by atoms with E-state index in [2.05, 4.69) is 41.1 Å². The molecule has 5 heteroatoms. The van der Waals surface area contributed by atoms with Gasteiger partial charge in [-0.1, -0.05) is 13.8 Å². The van der Waals surface area contributed by atoms with Gasteiger partial charge < -0.3 is 10.2 Å². The SMILES string of the molecule is CCN(CC)CCNCC(C)n1cncn1. The topological polar surface area (TPSA) is 46.0 Å². The van der Waals surface area contributed by atoms with Crippen molar-refractivity contribution in [2.24, 2.45) is 0 Å². The van der Waals surface area contributed by atoms with Crippen molar-refractivity contribution in [3.8, 4) is 0 Å². The number of likely N-dealkylation sites (N-methyl/N-ethyl adjacent to an activating group) is 1. The Morgan fingerprint density at radius 3 is 2.69 bits per heavy atom. The lowest BCUT2D eigenvalue weighted by molar-refractivity contribution is 0.298. The molecule has 0 saturated carbocycles. The Morgan fingerprint density at radius 1 is 1.38 bits per heavy atom. The van der Waals surface area contributed by atoms with E-state index in [4.69, 9.17) is 0 Å².